The van der Waals surface area contributed by atoms with Crippen molar-refractivity contribution in [2.24, 2.45) is 0 Å². The van der Waals surface area contributed by atoms with Crippen LogP contribution in [0.3, 0.4) is 0 Å². The Hall–Kier alpha value is -3.14. The van der Waals surface area contributed by atoms with Crippen LogP contribution < -0.4 is 20.4 Å². The molecule has 0 heterocycles. The third-order valence-electron chi connectivity index (χ3n) is 13.2. The number of anilines is 6. The van der Waals surface area contributed by atoms with Crippen LogP contribution in [-0.4, -0.2) is 26.2 Å². The normalized spacial score (nSPS) is 11.3. The van der Waals surface area contributed by atoms with Gasteiger partial charge in [0, 0.05) is 60.3 Å². The number of hydrogen-bond acceptors (Lipinski definition) is 4. The van der Waals surface area contributed by atoms with E-state index in [1.54, 1.807) is 0 Å². The second kappa shape index (κ2) is 37.3. The number of rotatable bonds is 42. The number of nitrogens with one attached hydrogen (secondary N) is 2. The van der Waals surface area contributed by atoms with Gasteiger partial charge in [-0.1, -0.05) is 213 Å². The van der Waals surface area contributed by atoms with Crippen LogP contribution in [-0.2, 0) is 0 Å². The lowest BCUT2D eigenvalue weighted by Crippen LogP contribution is -2.23. The monoisotopic (exact) mass is 851 g/mol. The SMILES string of the molecule is CCCCCCCCCCCCCCCCCCN(CC)c1ccc(Nc2cccc(Nc3ccc(N(CC)CCCCCCCCCCCCCCCCCC)cc3)c2)cc1. The third-order valence-corrected chi connectivity index (χ3v) is 13.2. The Labute approximate surface area is 385 Å². The van der Waals surface area contributed by atoms with E-state index in [4.69, 9.17) is 0 Å². The zero-order valence-electron chi connectivity index (χ0n) is 41.3. The molecule has 0 radical (unpaired) electrons. The Morgan fingerprint density at radius 2 is 0.548 bits per heavy atom. The molecule has 0 saturated heterocycles. The molecule has 4 nitrogen and oxygen atoms in total. The molecule has 0 aliphatic rings. The Balaban J connectivity index is 1.25. The van der Waals surface area contributed by atoms with E-state index >= 15 is 0 Å². The first-order valence-corrected chi connectivity index (χ1v) is 27.0. The molecule has 62 heavy (non-hydrogen) atoms. The van der Waals surface area contributed by atoms with E-state index in [-0.39, 0.29) is 0 Å². The topological polar surface area (TPSA) is 30.5 Å². The molecule has 0 aromatic heterocycles. The van der Waals surface area contributed by atoms with Crippen molar-refractivity contribution in [3.05, 3.63) is 72.8 Å². The average molecular weight is 851 g/mol. The number of nitrogens with zero attached hydrogens (tertiary/aromatic N) is 2. The van der Waals surface area contributed by atoms with Crippen molar-refractivity contribution in [2.75, 3.05) is 46.6 Å². The molecule has 3 rings (SSSR count). The summed E-state index contributed by atoms with van der Waals surface area (Å²) < 4.78 is 0. The van der Waals surface area contributed by atoms with Crippen LogP contribution in [0.1, 0.15) is 233 Å². The highest BCUT2D eigenvalue weighted by molar-refractivity contribution is 5.70. The fourth-order valence-electron chi connectivity index (χ4n) is 9.16. The van der Waals surface area contributed by atoms with Gasteiger partial charge in [0.15, 0.2) is 0 Å². The number of hydrogen-bond donors (Lipinski definition) is 2. The molecule has 0 aliphatic carbocycles. The summed E-state index contributed by atoms with van der Waals surface area (Å²) in [6.45, 7) is 13.6. The van der Waals surface area contributed by atoms with Gasteiger partial charge in [0.2, 0.25) is 0 Å². The Morgan fingerprint density at radius 1 is 0.290 bits per heavy atom. The van der Waals surface area contributed by atoms with Crippen molar-refractivity contribution in [2.45, 2.75) is 233 Å². The second-order valence-corrected chi connectivity index (χ2v) is 18.7. The lowest BCUT2D eigenvalue weighted by molar-refractivity contribution is 0.529. The molecule has 0 amide bonds. The summed E-state index contributed by atoms with van der Waals surface area (Å²) in [6, 6.07) is 26.6. The van der Waals surface area contributed by atoms with Crippen molar-refractivity contribution in [3.8, 4) is 0 Å². The Morgan fingerprint density at radius 3 is 0.806 bits per heavy atom. The average Bonchev–Trinajstić information content (AvgIpc) is 3.29. The summed E-state index contributed by atoms with van der Waals surface area (Å²) in [5, 5.41) is 7.28. The largest absolute Gasteiger partial charge is 0.372 e. The quantitative estimate of drug-likeness (QED) is 0.0556. The predicted octanol–water partition coefficient (Wildman–Crippen LogP) is 19.3. The summed E-state index contributed by atoms with van der Waals surface area (Å²) in [6.07, 6.45) is 45.4. The van der Waals surface area contributed by atoms with Gasteiger partial charge in [0.25, 0.3) is 0 Å². The number of unbranched alkanes of at least 4 members (excludes halogenated alkanes) is 30. The molecular weight excluding hydrogens is 753 g/mol. The van der Waals surface area contributed by atoms with Crippen LogP contribution in [0.15, 0.2) is 72.8 Å². The van der Waals surface area contributed by atoms with E-state index in [2.05, 4.69) is 121 Å². The highest BCUT2D eigenvalue weighted by Crippen LogP contribution is 2.27. The minimum Gasteiger partial charge on any atom is -0.372 e. The van der Waals surface area contributed by atoms with Gasteiger partial charge >= 0.3 is 0 Å². The second-order valence-electron chi connectivity index (χ2n) is 18.7. The maximum atomic E-state index is 3.64. The standard InChI is InChI=1S/C58H98N4/c1-5-9-11-13-15-17-19-21-23-25-27-29-31-33-35-37-50-61(7-3)57-46-42-53(43-47-57)59-55-40-39-41-56(52-55)60-54-44-48-58(49-45-54)62(8-4)51-38-36-34-32-30-28-26-24-22-20-18-16-14-12-10-6-2/h39-49,52,59-60H,5-38,50-51H2,1-4H3. The van der Waals surface area contributed by atoms with E-state index in [9.17, 15) is 0 Å². The lowest BCUT2D eigenvalue weighted by atomic mass is 10.0. The van der Waals surface area contributed by atoms with Crippen LogP contribution >= 0.6 is 0 Å². The summed E-state index contributed by atoms with van der Waals surface area (Å²) in [5.74, 6) is 0. The van der Waals surface area contributed by atoms with Crippen LogP contribution in [0.2, 0.25) is 0 Å². The zero-order chi connectivity index (χ0) is 44.0. The molecule has 0 atom stereocenters. The summed E-state index contributed by atoms with van der Waals surface area (Å²) >= 11 is 0. The summed E-state index contributed by atoms with van der Waals surface area (Å²) in [4.78, 5) is 5.06. The molecule has 0 unspecified atom stereocenters. The predicted molar refractivity (Wildman–Crippen MR) is 281 cm³/mol. The van der Waals surface area contributed by atoms with E-state index < -0.39 is 0 Å². The maximum Gasteiger partial charge on any atom is 0.0405 e. The van der Waals surface area contributed by atoms with Crippen LogP contribution in [0.25, 0.3) is 0 Å². The van der Waals surface area contributed by atoms with Crippen LogP contribution in [0.5, 0.6) is 0 Å². The van der Waals surface area contributed by atoms with Crippen LogP contribution in [0.4, 0.5) is 34.1 Å². The first-order chi connectivity index (χ1) is 30.7. The van der Waals surface area contributed by atoms with Crippen molar-refractivity contribution in [3.63, 3.8) is 0 Å². The molecule has 350 valence electrons. The maximum absolute atomic E-state index is 3.64. The molecule has 3 aromatic rings. The highest BCUT2D eigenvalue weighted by atomic mass is 15.1. The minimum atomic E-state index is 1.05. The smallest absolute Gasteiger partial charge is 0.0405 e. The van der Waals surface area contributed by atoms with Gasteiger partial charge in [-0.2, -0.15) is 0 Å². The van der Waals surface area contributed by atoms with Gasteiger partial charge in [0.1, 0.15) is 0 Å². The molecular formula is C58H98N4. The minimum absolute atomic E-state index is 1.05. The fourth-order valence-corrected chi connectivity index (χ4v) is 9.16. The van der Waals surface area contributed by atoms with Gasteiger partial charge in [-0.05, 0) is 93.4 Å². The molecule has 0 fully saturated rings. The lowest BCUT2D eigenvalue weighted by Gasteiger charge is -2.23. The fraction of sp³-hybridized carbons (Fsp3) is 0.690. The van der Waals surface area contributed by atoms with Gasteiger partial charge in [-0.25, -0.2) is 0 Å². The van der Waals surface area contributed by atoms with Gasteiger partial charge in [-0.3, -0.25) is 0 Å². The molecule has 0 aliphatic heterocycles. The summed E-state index contributed by atoms with van der Waals surface area (Å²) in [5.41, 5.74) is 7.08. The molecule has 0 saturated carbocycles. The van der Waals surface area contributed by atoms with E-state index in [1.165, 1.54) is 217 Å². The molecule has 0 spiro atoms. The zero-order valence-corrected chi connectivity index (χ0v) is 41.3. The Bertz CT molecular complexity index is 1310. The van der Waals surface area contributed by atoms with Crippen molar-refractivity contribution >= 4 is 34.1 Å². The molecule has 2 N–H and O–H groups in total. The molecule has 0 bridgehead atoms. The van der Waals surface area contributed by atoms with E-state index in [0.29, 0.717) is 0 Å². The van der Waals surface area contributed by atoms with E-state index in [0.717, 1.165) is 48.9 Å². The van der Waals surface area contributed by atoms with Crippen LogP contribution in [0, 0.1) is 0 Å². The number of benzene rings is 3. The summed E-state index contributed by atoms with van der Waals surface area (Å²) in [7, 11) is 0. The van der Waals surface area contributed by atoms with Gasteiger partial charge < -0.3 is 20.4 Å². The van der Waals surface area contributed by atoms with Crippen molar-refractivity contribution in [1.29, 1.82) is 0 Å². The van der Waals surface area contributed by atoms with Gasteiger partial charge in [0.05, 0.1) is 0 Å². The van der Waals surface area contributed by atoms with Gasteiger partial charge in [-0.15, -0.1) is 0 Å². The highest BCUT2D eigenvalue weighted by Gasteiger charge is 2.07. The van der Waals surface area contributed by atoms with Crippen molar-refractivity contribution in [1.82, 2.24) is 0 Å². The third kappa shape index (κ3) is 25.8. The Kier molecular flexibility index (Phi) is 32.0. The molecule has 4 heteroatoms. The first kappa shape index (κ1) is 53.2. The van der Waals surface area contributed by atoms with E-state index in [1.807, 2.05) is 0 Å². The van der Waals surface area contributed by atoms with Crippen molar-refractivity contribution < 1.29 is 0 Å². The molecule has 3 aromatic carbocycles. The first-order valence-electron chi connectivity index (χ1n) is 27.0.